The van der Waals surface area contributed by atoms with Crippen LogP contribution in [-0.2, 0) is 4.79 Å². The highest BCUT2D eigenvalue weighted by Crippen LogP contribution is 2.56. The Hall–Kier alpha value is -2.09. The third kappa shape index (κ3) is 1.54. The van der Waals surface area contributed by atoms with Crippen molar-refractivity contribution >= 4 is 5.97 Å². The largest absolute Gasteiger partial charge is 0.481 e. The Kier molecular flexibility index (Phi) is 2.46. The third-order valence-electron chi connectivity index (χ3n) is 4.86. The van der Waals surface area contributed by atoms with Gasteiger partial charge < -0.3 is 5.11 Å². The number of hydrogen-bond donors (Lipinski definition) is 1. The molecule has 2 nitrogen and oxygen atoms in total. The molecule has 100 valence electrons. The van der Waals surface area contributed by atoms with E-state index in [9.17, 15) is 9.90 Å². The van der Waals surface area contributed by atoms with E-state index in [0.717, 1.165) is 6.42 Å². The molecule has 2 aromatic rings. The van der Waals surface area contributed by atoms with Gasteiger partial charge in [-0.05, 0) is 34.6 Å². The zero-order chi connectivity index (χ0) is 13.7. The molecule has 1 unspecified atom stereocenters. The predicted molar refractivity (Wildman–Crippen MR) is 76.9 cm³/mol. The molecule has 0 saturated heterocycles. The van der Waals surface area contributed by atoms with E-state index < -0.39 is 5.97 Å². The van der Waals surface area contributed by atoms with Crippen molar-refractivity contribution in [3.05, 3.63) is 70.8 Å². The lowest BCUT2D eigenvalue weighted by Crippen LogP contribution is -2.33. The molecule has 0 fully saturated rings. The minimum atomic E-state index is -0.683. The number of carboxylic acids is 1. The Balaban J connectivity index is 1.91. The average Bonchev–Trinajstić information content (AvgIpc) is 2.47. The van der Waals surface area contributed by atoms with Crippen molar-refractivity contribution in [2.24, 2.45) is 5.92 Å². The summed E-state index contributed by atoms with van der Waals surface area (Å²) < 4.78 is 0. The SMILES string of the molecule is O=C(O)CC1CC2c3ccccc3C1c1ccccc12. The Labute approximate surface area is 118 Å². The summed E-state index contributed by atoms with van der Waals surface area (Å²) in [5.74, 6) is 0.167. The van der Waals surface area contributed by atoms with E-state index in [1.807, 2.05) is 0 Å². The fraction of sp³-hybridized carbons (Fsp3) is 0.278. The molecule has 5 rings (SSSR count). The second kappa shape index (κ2) is 4.20. The van der Waals surface area contributed by atoms with Gasteiger partial charge in [0.05, 0.1) is 0 Å². The van der Waals surface area contributed by atoms with Gasteiger partial charge in [-0.25, -0.2) is 0 Å². The maximum atomic E-state index is 11.2. The maximum absolute atomic E-state index is 11.2. The lowest BCUT2D eigenvalue weighted by molar-refractivity contribution is -0.138. The fourth-order valence-electron chi connectivity index (χ4n) is 4.18. The predicted octanol–water partition coefficient (Wildman–Crippen LogP) is 3.76. The van der Waals surface area contributed by atoms with Gasteiger partial charge >= 0.3 is 5.97 Å². The minimum Gasteiger partial charge on any atom is -0.481 e. The summed E-state index contributed by atoms with van der Waals surface area (Å²) in [6.07, 6.45) is 1.23. The van der Waals surface area contributed by atoms with Crippen LogP contribution in [0.25, 0.3) is 0 Å². The van der Waals surface area contributed by atoms with Crippen LogP contribution in [0.5, 0.6) is 0 Å². The van der Waals surface area contributed by atoms with E-state index in [4.69, 9.17) is 0 Å². The van der Waals surface area contributed by atoms with Gasteiger partial charge in [0.2, 0.25) is 0 Å². The molecule has 3 aliphatic carbocycles. The van der Waals surface area contributed by atoms with Gasteiger partial charge in [0.15, 0.2) is 0 Å². The van der Waals surface area contributed by atoms with Crippen molar-refractivity contribution in [1.82, 2.24) is 0 Å². The number of aliphatic carboxylic acids is 1. The van der Waals surface area contributed by atoms with Crippen LogP contribution >= 0.6 is 0 Å². The van der Waals surface area contributed by atoms with E-state index in [0.29, 0.717) is 5.92 Å². The van der Waals surface area contributed by atoms with Crippen LogP contribution in [0.15, 0.2) is 48.5 Å². The van der Waals surface area contributed by atoms with Crippen molar-refractivity contribution in [2.75, 3.05) is 0 Å². The highest BCUT2D eigenvalue weighted by Gasteiger charge is 2.43. The Morgan fingerprint density at radius 3 is 1.95 bits per heavy atom. The van der Waals surface area contributed by atoms with Crippen LogP contribution in [0.2, 0.25) is 0 Å². The minimum absolute atomic E-state index is 0.224. The molecule has 0 amide bonds. The molecule has 0 heterocycles. The molecule has 1 N–H and O–H groups in total. The van der Waals surface area contributed by atoms with Gasteiger partial charge in [-0.3, -0.25) is 4.79 Å². The van der Waals surface area contributed by atoms with Gasteiger partial charge in [0.1, 0.15) is 0 Å². The number of hydrogen-bond acceptors (Lipinski definition) is 1. The quantitative estimate of drug-likeness (QED) is 0.896. The Morgan fingerprint density at radius 2 is 1.45 bits per heavy atom. The standard InChI is InChI=1S/C18H16O2/c19-17(20)10-11-9-16-12-5-1-3-7-14(12)18(11)15-8-4-2-6-13(15)16/h1-8,11,16,18H,9-10H2,(H,19,20). The summed E-state index contributed by atoms with van der Waals surface area (Å²) in [5, 5.41) is 9.19. The first-order valence-electron chi connectivity index (χ1n) is 7.15. The molecule has 0 aliphatic heterocycles. The topological polar surface area (TPSA) is 37.3 Å². The first kappa shape index (κ1) is 11.7. The van der Waals surface area contributed by atoms with Gasteiger partial charge in [0.25, 0.3) is 0 Å². The molecule has 0 saturated carbocycles. The Bertz CT molecular complexity index is 642. The molecule has 0 spiro atoms. The molecule has 0 aromatic heterocycles. The second-order valence-corrected chi connectivity index (χ2v) is 5.88. The Morgan fingerprint density at radius 1 is 0.950 bits per heavy atom. The summed E-state index contributed by atoms with van der Waals surface area (Å²) in [7, 11) is 0. The van der Waals surface area contributed by atoms with Crippen molar-refractivity contribution in [3.8, 4) is 0 Å². The van der Waals surface area contributed by atoms with Crippen molar-refractivity contribution < 1.29 is 9.90 Å². The van der Waals surface area contributed by atoms with Crippen LogP contribution in [0, 0.1) is 5.92 Å². The molecule has 2 heteroatoms. The highest BCUT2D eigenvalue weighted by atomic mass is 16.4. The van der Waals surface area contributed by atoms with E-state index in [1.54, 1.807) is 0 Å². The van der Waals surface area contributed by atoms with Gasteiger partial charge in [0, 0.05) is 18.3 Å². The lowest BCUT2D eigenvalue weighted by atomic mass is 9.58. The van der Waals surface area contributed by atoms with E-state index >= 15 is 0 Å². The monoisotopic (exact) mass is 264 g/mol. The van der Waals surface area contributed by atoms with E-state index in [2.05, 4.69) is 48.5 Å². The molecule has 2 bridgehead atoms. The van der Waals surface area contributed by atoms with Crippen LogP contribution in [0.3, 0.4) is 0 Å². The van der Waals surface area contributed by atoms with Gasteiger partial charge in [-0.2, -0.15) is 0 Å². The first-order valence-corrected chi connectivity index (χ1v) is 7.15. The second-order valence-electron chi connectivity index (χ2n) is 5.88. The summed E-state index contributed by atoms with van der Waals surface area (Å²) in [6, 6.07) is 17.1. The van der Waals surface area contributed by atoms with Crippen LogP contribution in [-0.4, -0.2) is 11.1 Å². The lowest BCUT2D eigenvalue weighted by Gasteiger charge is -2.45. The number of fused-ring (bicyclic) bond motifs is 1. The fourth-order valence-corrected chi connectivity index (χ4v) is 4.18. The maximum Gasteiger partial charge on any atom is 0.303 e. The number of carbonyl (C=O) groups is 1. The highest BCUT2D eigenvalue weighted by molar-refractivity contribution is 5.68. The first-order chi connectivity index (χ1) is 9.75. The molecule has 0 radical (unpaired) electrons. The molecule has 3 aliphatic rings. The van der Waals surface area contributed by atoms with Crippen LogP contribution < -0.4 is 0 Å². The summed E-state index contributed by atoms with van der Waals surface area (Å²) in [4.78, 5) is 11.2. The summed E-state index contributed by atoms with van der Waals surface area (Å²) in [6.45, 7) is 0. The van der Waals surface area contributed by atoms with Crippen molar-refractivity contribution in [2.45, 2.75) is 24.7 Å². The molecule has 2 aromatic carbocycles. The zero-order valence-corrected chi connectivity index (χ0v) is 11.1. The molecule has 1 atom stereocenters. The molecular weight excluding hydrogens is 248 g/mol. The zero-order valence-electron chi connectivity index (χ0n) is 11.1. The van der Waals surface area contributed by atoms with Gasteiger partial charge in [-0.1, -0.05) is 48.5 Å². The van der Waals surface area contributed by atoms with Crippen LogP contribution in [0.1, 0.15) is 46.9 Å². The average molecular weight is 264 g/mol. The van der Waals surface area contributed by atoms with E-state index in [-0.39, 0.29) is 18.3 Å². The van der Waals surface area contributed by atoms with E-state index in [1.165, 1.54) is 22.3 Å². The molecular formula is C18H16O2. The normalized spacial score (nSPS) is 25.9. The number of benzene rings is 2. The van der Waals surface area contributed by atoms with Crippen molar-refractivity contribution in [3.63, 3.8) is 0 Å². The van der Waals surface area contributed by atoms with Crippen molar-refractivity contribution in [1.29, 1.82) is 0 Å². The van der Waals surface area contributed by atoms with Gasteiger partial charge in [-0.15, -0.1) is 0 Å². The smallest absolute Gasteiger partial charge is 0.303 e. The number of carboxylic acid groups (broad SMARTS) is 1. The third-order valence-corrected chi connectivity index (χ3v) is 4.86. The van der Waals surface area contributed by atoms with Crippen LogP contribution in [0.4, 0.5) is 0 Å². The summed E-state index contributed by atoms with van der Waals surface area (Å²) >= 11 is 0. The number of rotatable bonds is 2. The summed E-state index contributed by atoms with van der Waals surface area (Å²) in [5.41, 5.74) is 5.48. The molecule has 20 heavy (non-hydrogen) atoms.